The van der Waals surface area contributed by atoms with E-state index in [4.69, 9.17) is 10.5 Å². The zero-order chi connectivity index (χ0) is 11.5. The predicted octanol–water partition coefficient (Wildman–Crippen LogP) is 2.13. The lowest BCUT2D eigenvalue weighted by Gasteiger charge is -2.36. The summed E-state index contributed by atoms with van der Waals surface area (Å²) in [6.07, 6.45) is 0. The van der Waals surface area contributed by atoms with Crippen molar-refractivity contribution in [2.75, 3.05) is 24.7 Å². The fourth-order valence-electron chi connectivity index (χ4n) is 2.06. The minimum atomic E-state index is 0.411. The number of benzene rings is 1. The normalized spacial score (nSPS) is 21.2. The molecule has 2 rings (SSSR count). The average Bonchev–Trinajstić information content (AvgIpc) is 2.29. The minimum absolute atomic E-state index is 0.411. The van der Waals surface area contributed by atoms with Crippen LogP contribution in [-0.2, 0) is 11.3 Å². The number of nitrogens with zero attached hydrogens (tertiary/aromatic N) is 1. The monoisotopic (exact) mass is 284 g/mol. The maximum absolute atomic E-state index is 5.78. The van der Waals surface area contributed by atoms with Gasteiger partial charge < -0.3 is 15.4 Å². The molecule has 1 aliphatic heterocycles. The van der Waals surface area contributed by atoms with E-state index < -0.39 is 0 Å². The van der Waals surface area contributed by atoms with E-state index in [0.29, 0.717) is 12.6 Å². The summed E-state index contributed by atoms with van der Waals surface area (Å²) in [5, 5.41) is 0. The molecule has 1 fully saturated rings. The van der Waals surface area contributed by atoms with Crippen LogP contribution in [0.3, 0.4) is 0 Å². The molecule has 0 bridgehead atoms. The largest absolute Gasteiger partial charge is 0.377 e. The summed E-state index contributed by atoms with van der Waals surface area (Å²) in [4.78, 5) is 2.37. The zero-order valence-corrected chi connectivity index (χ0v) is 11.0. The first-order valence-electron chi connectivity index (χ1n) is 5.55. The van der Waals surface area contributed by atoms with Gasteiger partial charge in [-0.1, -0.05) is 22.0 Å². The second-order valence-electron chi connectivity index (χ2n) is 4.09. The van der Waals surface area contributed by atoms with Crippen LogP contribution >= 0.6 is 15.9 Å². The van der Waals surface area contributed by atoms with Gasteiger partial charge in [0.15, 0.2) is 0 Å². The first-order valence-corrected chi connectivity index (χ1v) is 6.34. The number of hydrogen-bond acceptors (Lipinski definition) is 3. The van der Waals surface area contributed by atoms with Gasteiger partial charge in [0.05, 0.1) is 13.2 Å². The lowest BCUT2D eigenvalue weighted by Crippen LogP contribution is -2.44. The second kappa shape index (κ2) is 5.17. The van der Waals surface area contributed by atoms with E-state index in [2.05, 4.69) is 39.9 Å². The molecule has 0 saturated carbocycles. The van der Waals surface area contributed by atoms with E-state index in [0.717, 1.165) is 24.2 Å². The molecule has 4 heteroatoms. The molecule has 0 aromatic heterocycles. The van der Waals surface area contributed by atoms with Crippen molar-refractivity contribution in [2.45, 2.75) is 19.5 Å². The van der Waals surface area contributed by atoms with Gasteiger partial charge in [-0.3, -0.25) is 0 Å². The lowest BCUT2D eigenvalue weighted by molar-refractivity contribution is 0.0988. The molecule has 1 unspecified atom stereocenters. The SMILES string of the molecule is CC1COCCN1c1cc(Br)ccc1CN. The Kier molecular flexibility index (Phi) is 3.84. The Morgan fingerprint density at radius 2 is 2.38 bits per heavy atom. The molecule has 0 radical (unpaired) electrons. The summed E-state index contributed by atoms with van der Waals surface area (Å²) >= 11 is 3.51. The topological polar surface area (TPSA) is 38.5 Å². The highest BCUT2D eigenvalue weighted by molar-refractivity contribution is 9.10. The van der Waals surface area contributed by atoms with Gasteiger partial charge in [-0.15, -0.1) is 0 Å². The Morgan fingerprint density at radius 1 is 1.56 bits per heavy atom. The van der Waals surface area contributed by atoms with Crippen LogP contribution in [0.5, 0.6) is 0 Å². The van der Waals surface area contributed by atoms with Crippen LogP contribution in [0.15, 0.2) is 22.7 Å². The zero-order valence-electron chi connectivity index (χ0n) is 9.45. The summed E-state index contributed by atoms with van der Waals surface area (Å²) in [6, 6.07) is 6.68. The molecular formula is C12H17BrN2O. The number of rotatable bonds is 2. The van der Waals surface area contributed by atoms with Crippen molar-refractivity contribution in [1.29, 1.82) is 0 Å². The maximum atomic E-state index is 5.78. The number of hydrogen-bond donors (Lipinski definition) is 1. The first kappa shape index (κ1) is 11.9. The van der Waals surface area contributed by atoms with Gasteiger partial charge in [-0.2, -0.15) is 0 Å². The second-order valence-corrected chi connectivity index (χ2v) is 5.01. The summed E-state index contributed by atoms with van der Waals surface area (Å²) in [6.45, 7) is 5.27. The Bertz CT molecular complexity index is 370. The van der Waals surface area contributed by atoms with Crippen LogP contribution in [0, 0.1) is 0 Å². The van der Waals surface area contributed by atoms with Gasteiger partial charge in [0.2, 0.25) is 0 Å². The summed E-state index contributed by atoms with van der Waals surface area (Å²) in [7, 11) is 0. The molecule has 0 spiro atoms. The summed E-state index contributed by atoms with van der Waals surface area (Å²) < 4.78 is 6.55. The maximum Gasteiger partial charge on any atom is 0.0668 e. The van der Waals surface area contributed by atoms with Crippen molar-refractivity contribution in [3.05, 3.63) is 28.2 Å². The Labute approximate surface area is 105 Å². The van der Waals surface area contributed by atoms with E-state index in [1.165, 1.54) is 11.3 Å². The number of halogens is 1. The van der Waals surface area contributed by atoms with Crippen molar-refractivity contribution < 1.29 is 4.74 Å². The molecule has 1 aliphatic rings. The molecule has 1 aromatic carbocycles. The van der Waals surface area contributed by atoms with Crippen molar-refractivity contribution >= 4 is 21.6 Å². The Hall–Kier alpha value is -0.580. The van der Waals surface area contributed by atoms with Crippen LogP contribution in [0.4, 0.5) is 5.69 Å². The number of nitrogens with two attached hydrogens (primary N) is 1. The number of morpholine rings is 1. The van der Waals surface area contributed by atoms with Crippen LogP contribution < -0.4 is 10.6 Å². The third-order valence-corrected chi connectivity index (χ3v) is 3.44. The first-order chi connectivity index (χ1) is 7.72. The van der Waals surface area contributed by atoms with Gasteiger partial charge in [0.25, 0.3) is 0 Å². The van der Waals surface area contributed by atoms with Crippen molar-refractivity contribution in [2.24, 2.45) is 5.73 Å². The molecule has 2 N–H and O–H groups in total. The third-order valence-electron chi connectivity index (χ3n) is 2.94. The van der Waals surface area contributed by atoms with Gasteiger partial charge in [0.1, 0.15) is 0 Å². The third kappa shape index (κ3) is 2.39. The van der Waals surface area contributed by atoms with E-state index in [1.807, 2.05) is 6.07 Å². The molecule has 1 atom stereocenters. The molecule has 1 heterocycles. The molecule has 1 aromatic rings. The van der Waals surface area contributed by atoms with Gasteiger partial charge in [0, 0.05) is 29.3 Å². The Morgan fingerprint density at radius 3 is 3.06 bits per heavy atom. The highest BCUT2D eigenvalue weighted by Crippen LogP contribution is 2.27. The van der Waals surface area contributed by atoms with Gasteiger partial charge in [-0.25, -0.2) is 0 Å². The van der Waals surface area contributed by atoms with Gasteiger partial charge in [-0.05, 0) is 24.6 Å². The van der Waals surface area contributed by atoms with E-state index in [-0.39, 0.29) is 0 Å². The fourth-order valence-corrected chi connectivity index (χ4v) is 2.41. The summed E-state index contributed by atoms with van der Waals surface area (Å²) in [5.74, 6) is 0. The molecule has 1 saturated heterocycles. The lowest BCUT2D eigenvalue weighted by atomic mass is 10.1. The molecule has 88 valence electrons. The average molecular weight is 285 g/mol. The van der Waals surface area contributed by atoms with E-state index >= 15 is 0 Å². The molecule has 3 nitrogen and oxygen atoms in total. The molecular weight excluding hydrogens is 268 g/mol. The number of anilines is 1. The molecule has 16 heavy (non-hydrogen) atoms. The Balaban J connectivity index is 2.33. The van der Waals surface area contributed by atoms with Crippen LogP contribution in [0.2, 0.25) is 0 Å². The van der Waals surface area contributed by atoms with Crippen molar-refractivity contribution in [1.82, 2.24) is 0 Å². The van der Waals surface area contributed by atoms with E-state index in [1.54, 1.807) is 0 Å². The number of ether oxygens (including phenoxy) is 1. The predicted molar refractivity (Wildman–Crippen MR) is 69.7 cm³/mol. The van der Waals surface area contributed by atoms with Crippen molar-refractivity contribution in [3.63, 3.8) is 0 Å². The van der Waals surface area contributed by atoms with Gasteiger partial charge >= 0.3 is 0 Å². The smallest absolute Gasteiger partial charge is 0.0668 e. The van der Waals surface area contributed by atoms with E-state index in [9.17, 15) is 0 Å². The van der Waals surface area contributed by atoms with Crippen LogP contribution in [0.1, 0.15) is 12.5 Å². The highest BCUT2D eigenvalue weighted by Gasteiger charge is 2.21. The molecule has 0 amide bonds. The quantitative estimate of drug-likeness (QED) is 0.904. The minimum Gasteiger partial charge on any atom is -0.377 e. The highest BCUT2D eigenvalue weighted by atomic mass is 79.9. The van der Waals surface area contributed by atoms with Crippen molar-refractivity contribution in [3.8, 4) is 0 Å². The van der Waals surface area contributed by atoms with Crippen LogP contribution in [-0.4, -0.2) is 25.8 Å². The fraction of sp³-hybridized carbons (Fsp3) is 0.500. The summed E-state index contributed by atoms with van der Waals surface area (Å²) in [5.41, 5.74) is 8.20. The standard InChI is InChI=1S/C12H17BrN2O/c1-9-8-16-5-4-15(9)12-6-11(13)3-2-10(12)7-14/h2-3,6,9H,4-5,7-8,14H2,1H3. The van der Waals surface area contributed by atoms with Crippen LogP contribution in [0.25, 0.3) is 0 Å². The molecule has 0 aliphatic carbocycles.